The molecule has 60 valence electrons. The van der Waals surface area contributed by atoms with Gasteiger partial charge in [0.15, 0.2) is 0 Å². The van der Waals surface area contributed by atoms with Crippen LogP contribution in [0.1, 0.15) is 6.92 Å². The maximum absolute atomic E-state index is 3.36. The van der Waals surface area contributed by atoms with Crippen LogP contribution in [-0.2, 0) is 0 Å². The highest BCUT2D eigenvalue weighted by atomic mass is 15.2. The molecule has 0 radical (unpaired) electrons. The van der Waals surface area contributed by atoms with E-state index in [2.05, 4.69) is 23.8 Å². The Morgan fingerprint density at radius 2 is 1.80 bits per heavy atom. The first kappa shape index (κ1) is 9.66. The number of likely N-dealkylation sites (N-methyl/N-ethyl adjacent to an activating group) is 1. The molecule has 0 unspecified atom stereocenters. The number of nitrogens with zero attached hydrogens (tertiary/aromatic N) is 1. The van der Waals surface area contributed by atoms with Gasteiger partial charge in [-0.05, 0) is 14.0 Å². The zero-order chi connectivity index (χ0) is 7.82. The smallest absolute Gasteiger partial charge is 0.0104 e. The molecular formula is C8H18N2. The van der Waals surface area contributed by atoms with Crippen LogP contribution in [0.4, 0.5) is 0 Å². The third kappa shape index (κ3) is 5.79. The van der Waals surface area contributed by atoms with Crippen molar-refractivity contribution in [3.05, 3.63) is 12.7 Å². The van der Waals surface area contributed by atoms with Crippen LogP contribution in [-0.4, -0.2) is 38.1 Å². The second-order valence-electron chi connectivity index (χ2n) is 2.46. The van der Waals surface area contributed by atoms with E-state index in [-0.39, 0.29) is 0 Å². The van der Waals surface area contributed by atoms with E-state index >= 15 is 0 Å². The van der Waals surface area contributed by atoms with Gasteiger partial charge in [0.05, 0.1) is 0 Å². The number of hydrogen-bond acceptors (Lipinski definition) is 2. The average Bonchev–Trinajstić information content (AvgIpc) is 1.91. The van der Waals surface area contributed by atoms with Crippen LogP contribution in [0, 0.1) is 0 Å². The molecule has 0 atom stereocenters. The van der Waals surface area contributed by atoms with Crippen molar-refractivity contribution in [1.82, 2.24) is 10.2 Å². The summed E-state index contributed by atoms with van der Waals surface area (Å²) in [5, 5.41) is 3.27. The molecule has 1 heterocycles. The van der Waals surface area contributed by atoms with Crippen LogP contribution in [0.2, 0.25) is 0 Å². The molecule has 2 heteroatoms. The van der Waals surface area contributed by atoms with Crippen LogP contribution in [0.15, 0.2) is 12.7 Å². The third-order valence-electron chi connectivity index (χ3n) is 1.34. The molecule has 0 amide bonds. The van der Waals surface area contributed by atoms with Gasteiger partial charge in [0.25, 0.3) is 0 Å². The van der Waals surface area contributed by atoms with E-state index in [1.165, 1.54) is 13.1 Å². The summed E-state index contributed by atoms with van der Waals surface area (Å²) in [6, 6.07) is 0. The van der Waals surface area contributed by atoms with Gasteiger partial charge < -0.3 is 10.2 Å². The summed E-state index contributed by atoms with van der Waals surface area (Å²) in [5.74, 6) is 0. The van der Waals surface area contributed by atoms with E-state index in [4.69, 9.17) is 0 Å². The average molecular weight is 142 g/mol. The van der Waals surface area contributed by atoms with Crippen molar-refractivity contribution in [2.24, 2.45) is 0 Å². The van der Waals surface area contributed by atoms with Gasteiger partial charge in [-0.3, -0.25) is 0 Å². The van der Waals surface area contributed by atoms with Crippen molar-refractivity contribution in [2.45, 2.75) is 6.92 Å². The molecule has 1 aliphatic heterocycles. The predicted molar refractivity (Wildman–Crippen MR) is 46.2 cm³/mol. The summed E-state index contributed by atoms with van der Waals surface area (Å²) in [5.41, 5.74) is 0. The lowest BCUT2D eigenvalue weighted by molar-refractivity contribution is 0.291. The Balaban J connectivity index is 0.000000236. The molecular weight excluding hydrogens is 124 g/mol. The summed E-state index contributed by atoms with van der Waals surface area (Å²) in [7, 11) is 2.15. The fourth-order valence-corrected chi connectivity index (χ4v) is 0.777. The van der Waals surface area contributed by atoms with Crippen molar-refractivity contribution in [2.75, 3.05) is 33.2 Å². The molecule has 0 spiro atoms. The zero-order valence-corrected chi connectivity index (χ0v) is 7.06. The molecule has 1 fully saturated rings. The molecule has 0 aliphatic carbocycles. The van der Waals surface area contributed by atoms with Crippen molar-refractivity contribution < 1.29 is 0 Å². The molecule has 2 nitrogen and oxygen atoms in total. The second-order valence-corrected chi connectivity index (χ2v) is 2.46. The summed E-state index contributed by atoms with van der Waals surface area (Å²) in [6.07, 6.45) is 1.75. The molecule has 0 aromatic rings. The molecule has 0 aromatic heterocycles. The number of hydrogen-bond donors (Lipinski definition) is 1. The highest BCUT2D eigenvalue weighted by molar-refractivity contribution is 4.62. The molecule has 0 saturated carbocycles. The number of rotatable bonds is 0. The largest absolute Gasteiger partial charge is 0.314 e. The van der Waals surface area contributed by atoms with Gasteiger partial charge in [-0.1, -0.05) is 6.08 Å². The van der Waals surface area contributed by atoms with Crippen LogP contribution in [0.25, 0.3) is 0 Å². The maximum Gasteiger partial charge on any atom is 0.0104 e. The topological polar surface area (TPSA) is 15.3 Å². The van der Waals surface area contributed by atoms with Crippen molar-refractivity contribution >= 4 is 0 Å². The summed E-state index contributed by atoms with van der Waals surface area (Å²) in [6.45, 7) is 9.99. The second kappa shape index (κ2) is 6.78. The highest BCUT2D eigenvalue weighted by Crippen LogP contribution is 1.82. The first-order valence-electron chi connectivity index (χ1n) is 3.77. The Morgan fingerprint density at radius 1 is 1.40 bits per heavy atom. The highest BCUT2D eigenvalue weighted by Gasteiger charge is 2.01. The fourth-order valence-electron chi connectivity index (χ4n) is 0.777. The summed E-state index contributed by atoms with van der Waals surface area (Å²) >= 11 is 0. The first-order valence-corrected chi connectivity index (χ1v) is 3.77. The number of allylic oxidation sites excluding steroid dienone is 1. The van der Waals surface area contributed by atoms with Crippen LogP contribution in [0.3, 0.4) is 0 Å². The zero-order valence-electron chi connectivity index (χ0n) is 7.06. The van der Waals surface area contributed by atoms with Gasteiger partial charge in [-0.15, -0.1) is 6.58 Å². The molecule has 1 N–H and O–H groups in total. The quantitative estimate of drug-likeness (QED) is 0.501. The molecule has 0 aromatic carbocycles. The lowest BCUT2D eigenvalue weighted by Crippen LogP contribution is -2.40. The Bertz CT molecular complexity index is 75.3. The minimum absolute atomic E-state index is 1.16. The Morgan fingerprint density at radius 3 is 2.00 bits per heavy atom. The van der Waals surface area contributed by atoms with Gasteiger partial charge in [0, 0.05) is 26.2 Å². The Hall–Kier alpha value is -0.340. The maximum atomic E-state index is 3.36. The van der Waals surface area contributed by atoms with Crippen molar-refractivity contribution in [1.29, 1.82) is 0 Å². The van der Waals surface area contributed by atoms with E-state index in [1.54, 1.807) is 6.08 Å². The monoisotopic (exact) mass is 142 g/mol. The minimum Gasteiger partial charge on any atom is -0.314 e. The Labute approximate surface area is 63.9 Å². The number of piperazine rings is 1. The molecule has 0 bridgehead atoms. The normalized spacial score (nSPS) is 19.0. The van der Waals surface area contributed by atoms with E-state index in [0.29, 0.717) is 0 Å². The van der Waals surface area contributed by atoms with Crippen molar-refractivity contribution in [3.63, 3.8) is 0 Å². The van der Waals surface area contributed by atoms with E-state index < -0.39 is 0 Å². The molecule has 1 aliphatic rings. The molecule has 10 heavy (non-hydrogen) atoms. The van der Waals surface area contributed by atoms with Gasteiger partial charge in [0.1, 0.15) is 0 Å². The SMILES string of the molecule is C=CC.CN1CCNCC1. The fraction of sp³-hybridized carbons (Fsp3) is 0.750. The van der Waals surface area contributed by atoms with Crippen molar-refractivity contribution in [3.8, 4) is 0 Å². The van der Waals surface area contributed by atoms with Gasteiger partial charge in [0.2, 0.25) is 0 Å². The Kier molecular flexibility index (Phi) is 6.55. The van der Waals surface area contributed by atoms with Crippen LogP contribution >= 0.6 is 0 Å². The standard InChI is InChI=1S/C5H12N2.C3H6/c1-7-4-2-6-3-5-7;1-3-2/h6H,2-5H2,1H3;3H,1H2,2H3. The van der Waals surface area contributed by atoms with Crippen LogP contribution in [0.5, 0.6) is 0 Å². The van der Waals surface area contributed by atoms with Gasteiger partial charge in [-0.2, -0.15) is 0 Å². The van der Waals surface area contributed by atoms with E-state index in [9.17, 15) is 0 Å². The van der Waals surface area contributed by atoms with E-state index in [0.717, 1.165) is 13.1 Å². The summed E-state index contributed by atoms with van der Waals surface area (Å²) in [4.78, 5) is 2.33. The van der Waals surface area contributed by atoms with Crippen LogP contribution < -0.4 is 5.32 Å². The molecule has 1 saturated heterocycles. The predicted octanol–water partition coefficient (Wildman–Crippen LogP) is 0.714. The molecule has 1 rings (SSSR count). The lowest BCUT2D eigenvalue weighted by Gasteiger charge is -2.21. The minimum atomic E-state index is 1.16. The summed E-state index contributed by atoms with van der Waals surface area (Å²) < 4.78 is 0. The van der Waals surface area contributed by atoms with Gasteiger partial charge >= 0.3 is 0 Å². The van der Waals surface area contributed by atoms with E-state index in [1.807, 2.05) is 6.92 Å². The third-order valence-corrected chi connectivity index (χ3v) is 1.34. The number of nitrogens with one attached hydrogen (secondary N) is 1. The lowest BCUT2D eigenvalue weighted by atomic mass is 10.4. The van der Waals surface area contributed by atoms with Gasteiger partial charge in [-0.25, -0.2) is 0 Å². The first-order chi connectivity index (χ1) is 4.81.